The van der Waals surface area contributed by atoms with Crippen LogP contribution in [0.15, 0.2) is 18.2 Å². The van der Waals surface area contributed by atoms with Crippen molar-refractivity contribution in [1.82, 2.24) is 0 Å². The summed E-state index contributed by atoms with van der Waals surface area (Å²) >= 11 is 0. The van der Waals surface area contributed by atoms with Crippen LogP contribution in [0.4, 0.5) is 5.69 Å². The van der Waals surface area contributed by atoms with Crippen molar-refractivity contribution >= 4 is 5.69 Å². The number of hydrogen-bond donors (Lipinski definition) is 1. The summed E-state index contributed by atoms with van der Waals surface area (Å²) in [5.74, 6) is 0.0505. The highest BCUT2D eigenvalue weighted by atomic mass is 16.6. The van der Waals surface area contributed by atoms with Crippen molar-refractivity contribution in [2.45, 2.75) is 26.2 Å². The van der Waals surface area contributed by atoms with Crippen LogP contribution >= 0.6 is 0 Å². The van der Waals surface area contributed by atoms with Crippen molar-refractivity contribution in [2.24, 2.45) is 0 Å². The van der Waals surface area contributed by atoms with E-state index >= 15 is 0 Å². The lowest BCUT2D eigenvalue weighted by molar-refractivity contribution is -0.385. The first kappa shape index (κ1) is 10.5. The van der Waals surface area contributed by atoms with Gasteiger partial charge in [-0.3, -0.25) is 10.1 Å². The fraction of sp³-hybridized carbons (Fsp3) is 0.400. The molecular weight excluding hydrogens is 182 g/mol. The van der Waals surface area contributed by atoms with Crippen molar-refractivity contribution in [3.8, 4) is 5.75 Å². The Morgan fingerprint density at radius 1 is 1.57 bits per heavy atom. The Morgan fingerprint density at radius 2 is 2.21 bits per heavy atom. The van der Waals surface area contributed by atoms with Crippen LogP contribution in [-0.4, -0.2) is 10.0 Å². The maximum atomic E-state index is 10.4. The second-order valence-electron chi connectivity index (χ2n) is 3.31. The second kappa shape index (κ2) is 4.09. The van der Waals surface area contributed by atoms with Gasteiger partial charge in [-0.15, -0.1) is 0 Å². The molecular formula is C10H13NO3. The Kier molecular flexibility index (Phi) is 3.06. The number of benzene rings is 1. The molecule has 0 bridgehead atoms. The minimum atomic E-state index is -0.588. The Hall–Kier alpha value is -1.58. The quantitative estimate of drug-likeness (QED) is 0.595. The fourth-order valence-corrected chi connectivity index (χ4v) is 1.24. The van der Waals surface area contributed by atoms with E-state index in [1.807, 2.05) is 13.8 Å². The molecule has 0 amide bonds. The van der Waals surface area contributed by atoms with Crippen LogP contribution in [0.5, 0.6) is 5.75 Å². The molecule has 0 saturated carbocycles. The maximum absolute atomic E-state index is 10.4. The van der Waals surface area contributed by atoms with E-state index in [2.05, 4.69) is 0 Å². The van der Waals surface area contributed by atoms with Crippen molar-refractivity contribution in [3.05, 3.63) is 33.9 Å². The summed E-state index contributed by atoms with van der Waals surface area (Å²) in [6.07, 6.45) is 0.942. The molecule has 0 radical (unpaired) electrons. The van der Waals surface area contributed by atoms with E-state index in [1.54, 1.807) is 6.07 Å². The minimum Gasteiger partial charge on any atom is -0.502 e. The molecule has 0 aromatic heterocycles. The number of rotatable bonds is 3. The predicted octanol–water partition coefficient (Wildman–Crippen LogP) is 2.81. The SMILES string of the molecule is CCC(C)c1ccc([N+](=O)[O-])c(O)c1. The van der Waals surface area contributed by atoms with E-state index in [0.29, 0.717) is 5.92 Å². The highest BCUT2D eigenvalue weighted by molar-refractivity contribution is 5.47. The fourth-order valence-electron chi connectivity index (χ4n) is 1.24. The average molecular weight is 195 g/mol. The number of nitro groups is 1. The summed E-state index contributed by atoms with van der Waals surface area (Å²) in [5.41, 5.74) is 0.688. The van der Waals surface area contributed by atoms with Gasteiger partial charge in [-0.05, 0) is 24.0 Å². The molecule has 1 aromatic carbocycles. The van der Waals surface area contributed by atoms with Crippen LogP contribution in [0.3, 0.4) is 0 Å². The molecule has 14 heavy (non-hydrogen) atoms. The number of nitrogens with zero attached hydrogens (tertiary/aromatic N) is 1. The molecule has 0 aliphatic rings. The highest BCUT2D eigenvalue weighted by Gasteiger charge is 2.14. The van der Waals surface area contributed by atoms with Gasteiger partial charge in [0.05, 0.1) is 4.92 Å². The van der Waals surface area contributed by atoms with E-state index < -0.39 is 4.92 Å². The van der Waals surface area contributed by atoms with Crippen molar-refractivity contribution in [3.63, 3.8) is 0 Å². The lowest BCUT2D eigenvalue weighted by Gasteiger charge is -2.08. The van der Waals surface area contributed by atoms with E-state index in [0.717, 1.165) is 12.0 Å². The number of hydrogen-bond acceptors (Lipinski definition) is 3. The molecule has 4 heteroatoms. The van der Waals surface area contributed by atoms with E-state index in [9.17, 15) is 15.2 Å². The van der Waals surface area contributed by atoms with Crippen LogP contribution in [0, 0.1) is 10.1 Å². The monoisotopic (exact) mass is 195 g/mol. The van der Waals surface area contributed by atoms with Crippen molar-refractivity contribution < 1.29 is 10.0 Å². The molecule has 0 saturated heterocycles. The smallest absolute Gasteiger partial charge is 0.310 e. The first-order chi connectivity index (χ1) is 6.56. The largest absolute Gasteiger partial charge is 0.502 e. The summed E-state index contributed by atoms with van der Waals surface area (Å²) < 4.78 is 0. The summed E-state index contributed by atoms with van der Waals surface area (Å²) in [5, 5.41) is 19.8. The van der Waals surface area contributed by atoms with E-state index in [4.69, 9.17) is 0 Å². The predicted molar refractivity (Wildman–Crippen MR) is 53.5 cm³/mol. The lowest BCUT2D eigenvalue weighted by atomic mass is 9.98. The Morgan fingerprint density at radius 3 is 2.64 bits per heavy atom. The van der Waals surface area contributed by atoms with Crippen LogP contribution in [0.1, 0.15) is 31.7 Å². The highest BCUT2D eigenvalue weighted by Crippen LogP contribution is 2.30. The summed E-state index contributed by atoms with van der Waals surface area (Å²) in [7, 11) is 0. The Labute approximate surface area is 82.3 Å². The Bertz CT molecular complexity index is 349. The van der Waals surface area contributed by atoms with E-state index in [-0.39, 0.29) is 11.4 Å². The molecule has 0 fully saturated rings. The number of phenolic OH excluding ortho intramolecular Hbond substituents is 1. The van der Waals surface area contributed by atoms with Crippen LogP contribution in [0.2, 0.25) is 0 Å². The number of aromatic hydroxyl groups is 1. The molecule has 76 valence electrons. The molecule has 1 rings (SSSR count). The second-order valence-corrected chi connectivity index (χ2v) is 3.31. The standard InChI is InChI=1S/C10H13NO3/c1-3-7(2)8-4-5-9(11(13)14)10(12)6-8/h4-7,12H,3H2,1-2H3. The zero-order valence-electron chi connectivity index (χ0n) is 8.23. The zero-order chi connectivity index (χ0) is 10.7. The topological polar surface area (TPSA) is 63.4 Å². The van der Waals surface area contributed by atoms with Gasteiger partial charge in [0.2, 0.25) is 0 Å². The molecule has 1 unspecified atom stereocenters. The van der Waals surface area contributed by atoms with Crippen molar-refractivity contribution in [2.75, 3.05) is 0 Å². The molecule has 0 heterocycles. The molecule has 0 spiro atoms. The minimum absolute atomic E-state index is 0.239. The van der Waals surface area contributed by atoms with Gasteiger partial charge < -0.3 is 5.11 Å². The molecule has 1 N–H and O–H groups in total. The third kappa shape index (κ3) is 2.02. The van der Waals surface area contributed by atoms with Crippen LogP contribution in [0.25, 0.3) is 0 Å². The molecule has 4 nitrogen and oxygen atoms in total. The first-order valence-corrected chi connectivity index (χ1v) is 4.53. The van der Waals surface area contributed by atoms with E-state index in [1.165, 1.54) is 12.1 Å². The molecule has 1 atom stereocenters. The molecule has 0 aliphatic carbocycles. The third-order valence-electron chi connectivity index (χ3n) is 2.38. The van der Waals surface area contributed by atoms with Gasteiger partial charge in [-0.2, -0.15) is 0 Å². The Balaban J connectivity index is 3.06. The van der Waals surface area contributed by atoms with Gasteiger partial charge in [0.15, 0.2) is 5.75 Å². The number of nitro benzene ring substituents is 1. The zero-order valence-corrected chi connectivity index (χ0v) is 8.23. The van der Waals surface area contributed by atoms with Gasteiger partial charge >= 0.3 is 5.69 Å². The third-order valence-corrected chi connectivity index (χ3v) is 2.38. The van der Waals surface area contributed by atoms with Gasteiger partial charge in [-0.1, -0.05) is 19.9 Å². The molecule has 1 aromatic rings. The summed E-state index contributed by atoms with van der Waals surface area (Å²) in [6, 6.07) is 4.50. The average Bonchev–Trinajstić information content (AvgIpc) is 2.15. The van der Waals surface area contributed by atoms with Gasteiger partial charge in [0.1, 0.15) is 0 Å². The summed E-state index contributed by atoms with van der Waals surface area (Å²) in [4.78, 5) is 9.83. The number of phenols is 1. The summed E-state index contributed by atoms with van der Waals surface area (Å²) in [6.45, 7) is 4.05. The normalized spacial score (nSPS) is 12.4. The van der Waals surface area contributed by atoms with Gasteiger partial charge in [-0.25, -0.2) is 0 Å². The first-order valence-electron chi connectivity index (χ1n) is 4.53. The van der Waals surface area contributed by atoms with Crippen LogP contribution < -0.4 is 0 Å². The maximum Gasteiger partial charge on any atom is 0.310 e. The lowest BCUT2D eigenvalue weighted by Crippen LogP contribution is -1.93. The van der Waals surface area contributed by atoms with Gasteiger partial charge in [0, 0.05) is 6.07 Å². The molecule has 0 aliphatic heterocycles. The van der Waals surface area contributed by atoms with Crippen molar-refractivity contribution in [1.29, 1.82) is 0 Å². The van der Waals surface area contributed by atoms with Crippen LogP contribution in [-0.2, 0) is 0 Å². The van der Waals surface area contributed by atoms with Gasteiger partial charge in [0.25, 0.3) is 0 Å².